The Balaban J connectivity index is 2.48. The Hall–Kier alpha value is -1.67. The van der Waals surface area contributed by atoms with Crippen LogP contribution in [-0.2, 0) is 19.4 Å². The van der Waals surface area contributed by atoms with Gasteiger partial charge in [-0.05, 0) is 54.5 Å². The molecule has 2 aromatic rings. The summed E-state index contributed by atoms with van der Waals surface area (Å²) in [6.07, 6.45) is 8.70. The molecule has 0 fully saturated rings. The van der Waals surface area contributed by atoms with Crippen LogP contribution < -0.4 is 0 Å². The molecule has 1 aromatic carbocycles. The molecule has 0 radical (unpaired) electrons. The third kappa shape index (κ3) is 4.17. The molecule has 0 aliphatic rings. The zero-order valence-corrected chi connectivity index (χ0v) is 13.8. The second kappa shape index (κ2) is 8.70. The zero-order valence-electron chi connectivity index (χ0n) is 13.8. The van der Waals surface area contributed by atoms with Crippen molar-refractivity contribution < 1.29 is 5.11 Å². The average Bonchev–Trinajstić information content (AvgIpc) is 2.58. The molecule has 2 nitrogen and oxygen atoms in total. The molecule has 2 rings (SSSR count). The fraction of sp³-hybridized carbons (Fsp3) is 0.450. The van der Waals surface area contributed by atoms with Crippen molar-refractivity contribution in [2.75, 3.05) is 0 Å². The average molecular weight is 297 g/mol. The summed E-state index contributed by atoms with van der Waals surface area (Å²) in [5, 5.41) is 9.85. The number of benzene rings is 1. The molecule has 0 aliphatic carbocycles. The van der Waals surface area contributed by atoms with Crippen LogP contribution in [0, 0.1) is 0 Å². The van der Waals surface area contributed by atoms with E-state index in [1.165, 1.54) is 36.8 Å². The van der Waals surface area contributed by atoms with E-state index in [0.717, 1.165) is 29.7 Å². The lowest BCUT2D eigenvalue weighted by molar-refractivity contribution is 0.282. The van der Waals surface area contributed by atoms with Crippen molar-refractivity contribution in [1.82, 2.24) is 4.98 Å². The van der Waals surface area contributed by atoms with E-state index < -0.39 is 0 Å². The second-order valence-corrected chi connectivity index (χ2v) is 5.87. The minimum absolute atomic E-state index is 0.0744. The molecule has 0 atom stereocenters. The lowest BCUT2D eigenvalue weighted by Gasteiger charge is -2.16. The SMILES string of the molecule is CCCCc1cc(CO)c(-c2ccccn2)c(CCCC)c1. The van der Waals surface area contributed by atoms with Gasteiger partial charge in [0, 0.05) is 11.8 Å². The van der Waals surface area contributed by atoms with Crippen molar-refractivity contribution in [2.45, 2.75) is 59.0 Å². The smallest absolute Gasteiger partial charge is 0.0708 e. The number of aliphatic hydroxyl groups excluding tert-OH is 1. The topological polar surface area (TPSA) is 33.1 Å². The first-order valence-corrected chi connectivity index (χ1v) is 8.47. The van der Waals surface area contributed by atoms with Crippen molar-refractivity contribution in [3.8, 4) is 11.3 Å². The van der Waals surface area contributed by atoms with Gasteiger partial charge in [-0.3, -0.25) is 4.98 Å². The normalized spacial score (nSPS) is 10.9. The number of aromatic nitrogens is 1. The first-order chi connectivity index (χ1) is 10.8. The summed E-state index contributed by atoms with van der Waals surface area (Å²) < 4.78 is 0. The van der Waals surface area contributed by atoms with Crippen LogP contribution in [0.2, 0.25) is 0 Å². The molecule has 22 heavy (non-hydrogen) atoms. The quantitative estimate of drug-likeness (QED) is 0.749. The Kier molecular flexibility index (Phi) is 6.60. The minimum atomic E-state index is 0.0744. The number of aryl methyl sites for hydroxylation is 2. The van der Waals surface area contributed by atoms with E-state index in [1.807, 2.05) is 24.4 Å². The van der Waals surface area contributed by atoms with Gasteiger partial charge in [-0.15, -0.1) is 0 Å². The lowest BCUT2D eigenvalue weighted by atomic mass is 9.91. The number of nitrogens with zero attached hydrogens (tertiary/aromatic N) is 1. The number of unbranched alkanes of at least 4 members (excludes halogenated alkanes) is 2. The Morgan fingerprint density at radius 2 is 1.68 bits per heavy atom. The van der Waals surface area contributed by atoms with Gasteiger partial charge in [-0.2, -0.15) is 0 Å². The third-order valence-corrected chi connectivity index (χ3v) is 4.07. The molecular formula is C20H27NO. The lowest BCUT2D eigenvalue weighted by Crippen LogP contribution is -2.01. The molecule has 0 spiro atoms. The van der Waals surface area contributed by atoms with Gasteiger partial charge >= 0.3 is 0 Å². The molecule has 0 saturated carbocycles. The molecule has 118 valence electrons. The summed E-state index contributed by atoms with van der Waals surface area (Å²) >= 11 is 0. The number of aliphatic hydroxyl groups is 1. The highest BCUT2D eigenvalue weighted by atomic mass is 16.3. The highest BCUT2D eigenvalue weighted by Crippen LogP contribution is 2.30. The van der Waals surface area contributed by atoms with Crippen LogP contribution in [0.1, 0.15) is 56.2 Å². The van der Waals surface area contributed by atoms with E-state index in [4.69, 9.17) is 0 Å². The standard InChI is InChI=1S/C20H27NO/c1-3-5-9-16-13-17(10-6-4-2)20(18(14-16)15-22)19-11-7-8-12-21-19/h7-8,11-14,22H,3-6,9-10,15H2,1-2H3. The summed E-state index contributed by atoms with van der Waals surface area (Å²) in [6, 6.07) is 10.5. The van der Waals surface area contributed by atoms with E-state index in [-0.39, 0.29) is 6.61 Å². The van der Waals surface area contributed by atoms with Gasteiger partial charge in [0.15, 0.2) is 0 Å². The molecule has 2 heteroatoms. The fourth-order valence-corrected chi connectivity index (χ4v) is 2.89. The highest BCUT2D eigenvalue weighted by Gasteiger charge is 2.13. The second-order valence-electron chi connectivity index (χ2n) is 5.87. The van der Waals surface area contributed by atoms with Crippen LogP contribution >= 0.6 is 0 Å². The highest BCUT2D eigenvalue weighted by molar-refractivity contribution is 5.68. The molecule has 1 heterocycles. The maximum atomic E-state index is 9.85. The molecule has 1 aromatic heterocycles. The van der Waals surface area contributed by atoms with Crippen LogP contribution in [0.4, 0.5) is 0 Å². The van der Waals surface area contributed by atoms with Crippen LogP contribution in [0.25, 0.3) is 11.3 Å². The maximum absolute atomic E-state index is 9.85. The fourth-order valence-electron chi connectivity index (χ4n) is 2.89. The number of hydrogen-bond donors (Lipinski definition) is 1. The Bertz CT molecular complexity index is 578. The number of hydrogen-bond acceptors (Lipinski definition) is 2. The Morgan fingerprint density at radius 1 is 0.955 bits per heavy atom. The van der Waals surface area contributed by atoms with Gasteiger partial charge in [0.1, 0.15) is 0 Å². The maximum Gasteiger partial charge on any atom is 0.0708 e. The largest absolute Gasteiger partial charge is 0.392 e. The van der Waals surface area contributed by atoms with E-state index >= 15 is 0 Å². The Morgan fingerprint density at radius 3 is 2.32 bits per heavy atom. The van der Waals surface area contributed by atoms with Crippen LogP contribution in [0.15, 0.2) is 36.5 Å². The molecular weight excluding hydrogens is 270 g/mol. The van der Waals surface area contributed by atoms with E-state index in [1.54, 1.807) is 0 Å². The van der Waals surface area contributed by atoms with Gasteiger partial charge in [-0.1, -0.05) is 44.9 Å². The van der Waals surface area contributed by atoms with Gasteiger partial charge in [0.2, 0.25) is 0 Å². The molecule has 0 aliphatic heterocycles. The van der Waals surface area contributed by atoms with Crippen molar-refractivity contribution >= 4 is 0 Å². The summed E-state index contributed by atoms with van der Waals surface area (Å²) in [6.45, 7) is 4.51. The van der Waals surface area contributed by atoms with Gasteiger partial charge in [0.25, 0.3) is 0 Å². The van der Waals surface area contributed by atoms with Crippen molar-refractivity contribution in [3.63, 3.8) is 0 Å². The third-order valence-electron chi connectivity index (χ3n) is 4.07. The van der Waals surface area contributed by atoms with Crippen LogP contribution in [0.5, 0.6) is 0 Å². The minimum Gasteiger partial charge on any atom is -0.392 e. The number of rotatable bonds is 8. The number of pyridine rings is 1. The predicted octanol–water partition coefficient (Wildman–Crippen LogP) is 4.93. The van der Waals surface area contributed by atoms with Crippen molar-refractivity contribution in [3.05, 3.63) is 53.2 Å². The Labute approximate surface area is 134 Å². The predicted molar refractivity (Wildman–Crippen MR) is 92.8 cm³/mol. The van der Waals surface area contributed by atoms with E-state index in [9.17, 15) is 5.11 Å². The summed E-state index contributed by atoms with van der Waals surface area (Å²) in [5.41, 5.74) is 5.80. The van der Waals surface area contributed by atoms with E-state index in [2.05, 4.69) is 31.0 Å². The summed E-state index contributed by atoms with van der Waals surface area (Å²) in [4.78, 5) is 4.51. The van der Waals surface area contributed by atoms with Gasteiger partial charge in [0.05, 0.1) is 12.3 Å². The molecule has 1 N–H and O–H groups in total. The van der Waals surface area contributed by atoms with Crippen LogP contribution in [-0.4, -0.2) is 10.1 Å². The van der Waals surface area contributed by atoms with Crippen molar-refractivity contribution in [1.29, 1.82) is 0 Å². The summed E-state index contributed by atoms with van der Waals surface area (Å²) in [7, 11) is 0. The van der Waals surface area contributed by atoms with E-state index in [0.29, 0.717) is 0 Å². The van der Waals surface area contributed by atoms with Gasteiger partial charge in [-0.25, -0.2) is 0 Å². The summed E-state index contributed by atoms with van der Waals surface area (Å²) in [5.74, 6) is 0. The molecule has 0 amide bonds. The van der Waals surface area contributed by atoms with Crippen molar-refractivity contribution in [2.24, 2.45) is 0 Å². The first kappa shape index (κ1) is 16.7. The molecule has 0 unspecified atom stereocenters. The zero-order chi connectivity index (χ0) is 15.8. The van der Waals surface area contributed by atoms with Gasteiger partial charge < -0.3 is 5.11 Å². The first-order valence-electron chi connectivity index (χ1n) is 8.47. The molecule has 0 saturated heterocycles. The monoisotopic (exact) mass is 297 g/mol. The van der Waals surface area contributed by atoms with Crippen LogP contribution in [0.3, 0.4) is 0 Å². The molecule has 0 bridgehead atoms.